The number of rotatable bonds is 7. The van der Waals surface area contributed by atoms with Gasteiger partial charge in [-0.1, -0.05) is 42.0 Å². The number of urea groups is 1. The summed E-state index contributed by atoms with van der Waals surface area (Å²) in [5, 5.41) is 3.97. The minimum Gasteiger partial charge on any atom is -0.338 e. The molecule has 3 rings (SSSR count). The van der Waals surface area contributed by atoms with E-state index in [1.807, 2.05) is 50.2 Å². The van der Waals surface area contributed by atoms with Crippen LogP contribution in [-0.4, -0.2) is 43.1 Å². The highest BCUT2D eigenvalue weighted by atomic mass is 16.2. The Morgan fingerprint density at radius 2 is 1.83 bits per heavy atom. The first kappa shape index (κ1) is 21.6. The number of carbonyl (C=O) groups is 1. The molecule has 0 saturated heterocycles. The number of benzene rings is 2. The molecule has 0 aliphatic rings. The lowest BCUT2D eigenvalue weighted by atomic mass is 10.1. The third-order valence-corrected chi connectivity index (χ3v) is 5.19. The Bertz CT molecular complexity index is 1070. The van der Waals surface area contributed by atoms with Gasteiger partial charge in [-0.05, 0) is 42.5 Å². The number of hydrogen-bond acceptors (Lipinski definition) is 2. The molecule has 0 aliphatic carbocycles. The van der Waals surface area contributed by atoms with Gasteiger partial charge in [0.2, 0.25) is 0 Å². The van der Waals surface area contributed by atoms with E-state index in [0.717, 1.165) is 34.1 Å². The van der Waals surface area contributed by atoms with E-state index in [1.165, 1.54) is 4.90 Å². The summed E-state index contributed by atoms with van der Waals surface area (Å²) in [4.78, 5) is 31.6. The molecular weight excluding hydrogens is 376 g/mol. The summed E-state index contributed by atoms with van der Waals surface area (Å²) < 4.78 is 0. The first-order chi connectivity index (χ1) is 14.3. The maximum absolute atomic E-state index is 12.9. The maximum Gasteiger partial charge on any atom is 0.318 e. The van der Waals surface area contributed by atoms with E-state index in [4.69, 9.17) is 0 Å². The lowest BCUT2D eigenvalue weighted by molar-refractivity contribution is -0.857. The molecular formula is C24H31N4O2+. The van der Waals surface area contributed by atoms with E-state index in [2.05, 4.69) is 36.5 Å². The van der Waals surface area contributed by atoms with Gasteiger partial charge in [-0.2, -0.15) is 0 Å². The van der Waals surface area contributed by atoms with E-state index < -0.39 is 0 Å². The van der Waals surface area contributed by atoms with Crippen molar-refractivity contribution in [3.05, 3.63) is 81.1 Å². The van der Waals surface area contributed by atoms with Gasteiger partial charge in [-0.15, -0.1) is 0 Å². The van der Waals surface area contributed by atoms with Gasteiger partial charge < -0.3 is 20.1 Å². The van der Waals surface area contributed by atoms with Crippen LogP contribution in [0.25, 0.3) is 10.9 Å². The number of pyridine rings is 1. The van der Waals surface area contributed by atoms with E-state index in [0.29, 0.717) is 18.7 Å². The third-order valence-electron chi connectivity index (χ3n) is 5.19. The van der Waals surface area contributed by atoms with Gasteiger partial charge >= 0.3 is 6.03 Å². The summed E-state index contributed by atoms with van der Waals surface area (Å²) >= 11 is 0. The summed E-state index contributed by atoms with van der Waals surface area (Å²) in [6, 6.07) is 15.7. The fourth-order valence-electron chi connectivity index (χ4n) is 3.55. The van der Waals surface area contributed by atoms with E-state index >= 15 is 0 Å². The predicted octanol–water partition coefficient (Wildman–Crippen LogP) is 2.00. The van der Waals surface area contributed by atoms with Gasteiger partial charge in [0.1, 0.15) is 0 Å². The van der Waals surface area contributed by atoms with Gasteiger partial charge in [-0.25, -0.2) is 4.79 Å². The molecule has 0 spiro atoms. The van der Waals surface area contributed by atoms with Gasteiger partial charge in [0.15, 0.2) is 0 Å². The van der Waals surface area contributed by atoms with Crippen LogP contribution in [0.1, 0.15) is 22.3 Å². The number of aromatic nitrogens is 1. The quantitative estimate of drug-likeness (QED) is 0.561. The predicted molar refractivity (Wildman–Crippen MR) is 121 cm³/mol. The van der Waals surface area contributed by atoms with Crippen molar-refractivity contribution in [3.8, 4) is 0 Å². The van der Waals surface area contributed by atoms with Gasteiger partial charge in [0, 0.05) is 12.1 Å². The van der Waals surface area contributed by atoms with Crippen LogP contribution < -0.4 is 15.8 Å². The van der Waals surface area contributed by atoms with Crippen molar-refractivity contribution in [2.75, 3.05) is 27.2 Å². The van der Waals surface area contributed by atoms with E-state index in [9.17, 15) is 9.59 Å². The van der Waals surface area contributed by atoms with Crippen molar-refractivity contribution in [3.63, 3.8) is 0 Å². The molecule has 6 heteroatoms. The highest BCUT2D eigenvalue weighted by Crippen LogP contribution is 2.18. The third kappa shape index (κ3) is 5.48. The van der Waals surface area contributed by atoms with Crippen LogP contribution in [0.2, 0.25) is 0 Å². The summed E-state index contributed by atoms with van der Waals surface area (Å²) in [7, 11) is 4.10. The summed E-state index contributed by atoms with van der Waals surface area (Å²) in [6.07, 6.45) is 0. The second-order valence-electron chi connectivity index (χ2n) is 8.19. The monoisotopic (exact) mass is 407 g/mol. The zero-order valence-corrected chi connectivity index (χ0v) is 18.2. The van der Waals surface area contributed by atoms with Crippen molar-refractivity contribution < 1.29 is 9.69 Å². The lowest BCUT2D eigenvalue weighted by Gasteiger charge is -2.24. The van der Waals surface area contributed by atoms with Crippen molar-refractivity contribution >= 4 is 16.9 Å². The molecule has 3 aromatic rings. The number of amides is 2. The first-order valence-electron chi connectivity index (χ1n) is 10.3. The zero-order valence-electron chi connectivity index (χ0n) is 18.2. The Hall–Kier alpha value is -3.12. The van der Waals surface area contributed by atoms with Crippen LogP contribution in [0.5, 0.6) is 0 Å². The molecule has 30 heavy (non-hydrogen) atoms. The number of likely N-dealkylation sites (N-methyl/N-ethyl adjacent to an activating group) is 1. The number of nitrogens with zero attached hydrogens (tertiary/aromatic N) is 1. The smallest absolute Gasteiger partial charge is 0.318 e. The zero-order chi connectivity index (χ0) is 21.7. The van der Waals surface area contributed by atoms with E-state index in [1.54, 1.807) is 4.90 Å². The normalized spacial score (nSPS) is 11.1. The van der Waals surface area contributed by atoms with Crippen molar-refractivity contribution in [2.45, 2.75) is 26.9 Å². The number of carbonyl (C=O) groups excluding carboxylic acids is 1. The van der Waals surface area contributed by atoms with Crippen LogP contribution >= 0.6 is 0 Å². The molecule has 1 aromatic heterocycles. The Morgan fingerprint density at radius 1 is 1.10 bits per heavy atom. The van der Waals surface area contributed by atoms with Crippen LogP contribution in [0.15, 0.2) is 53.3 Å². The standard InChI is InChI=1S/C24H30N4O2/c1-17-12-18(2)22-20(13-17)14-21(23(29)26-22)16-28(11-10-27(3)4)24(30)25-15-19-8-6-5-7-9-19/h5-9,12-14H,10-11,15-16H2,1-4H3,(H,25,30)(H,26,29)/p+1. The van der Waals surface area contributed by atoms with Crippen molar-refractivity contribution in [2.24, 2.45) is 0 Å². The van der Waals surface area contributed by atoms with E-state index in [-0.39, 0.29) is 18.1 Å². The second-order valence-corrected chi connectivity index (χ2v) is 8.19. The molecule has 3 N–H and O–H groups in total. The largest absolute Gasteiger partial charge is 0.338 e. The molecule has 158 valence electrons. The molecule has 0 fully saturated rings. The van der Waals surface area contributed by atoms with Crippen LogP contribution in [0.4, 0.5) is 4.79 Å². The molecule has 0 aliphatic heterocycles. The molecule has 2 aromatic carbocycles. The number of H-pyrrole nitrogens is 1. The molecule has 6 nitrogen and oxygen atoms in total. The number of aryl methyl sites for hydroxylation is 2. The molecule has 0 bridgehead atoms. The van der Waals surface area contributed by atoms with Crippen molar-refractivity contribution in [1.82, 2.24) is 15.2 Å². The number of aromatic amines is 1. The van der Waals surface area contributed by atoms with Crippen LogP contribution in [0, 0.1) is 13.8 Å². The highest BCUT2D eigenvalue weighted by molar-refractivity contribution is 5.83. The Labute approximate surface area is 177 Å². The minimum absolute atomic E-state index is 0.146. The molecule has 0 radical (unpaired) electrons. The van der Waals surface area contributed by atoms with Gasteiger partial charge in [-0.3, -0.25) is 4.79 Å². The average molecular weight is 408 g/mol. The topological polar surface area (TPSA) is 69.6 Å². The molecule has 0 unspecified atom stereocenters. The minimum atomic E-state index is -0.167. The number of fused-ring (bicyclic) bond motifs is 1. The Morgan fingerprint density at radius 3 is 2.53 bits per heavy atom. The SMILES string of the molecule is Cc1cc(C)c2[nH]c(=O)c(CN(CC[NH+](C)C)C(=O)NCc3ccccc3)cc2c1. The Balaban J connectivity index is 1.82. The average Bonchev–Trinajstić information content (AvgIpc) is 2.71. The second kappa shape index (κ2) is 9.59. The first-order valence-corrected chi connectivity index (χ1v) is 10.3. The maximum atomic E-state index is 12.9. The lowest BCUT2D eigenvalue weighted by Crippen LogP contribution is -3.06. The van der Waals surface area contributed by atoms with Gasteiger partial charge in [0.05, 0.1) is 39.2 Å². The number of nitrogens with one attached hydrogen (secondary N) is 3. The fraction of sp³-hybridized carbons (Fsp3) is 0.333. The van der Waals surface area contributed by atoms with Crippen LogP contribution in [0.3, 0.4) is 0 Å². The number of hydrogen-bond donors (Lipinski definition) is 3. The highest BCUT2D eigenvalue weighted by Gasteiger charge is 2.17. The summed E-state index contributed by atoms with van der Waals surface area (Å²) in [5.74, 6) is 0. The van der Waals surface area contributed by atoms with Gasteiger partial charge in [0.25, 0.3) is 5.56 Å². The van der Waals surface area contributed by atoms with Crippen molar-refractivity contribution in [1.29, 1.82) is 0 Å². The number of quaternary nitrogens is 1. The molecule has 0 atom stereocenters. The molecule has 0 saturated carbocycles. The fourth-order valence-corrected chi connectivity index (χ4v) is 3.55. The summed E-state index contributed by atoms with van der Waals surface area (Å²) in [6.45, 7) is 6.12. The summed E-state index contributed by atoms with van der Waals surface area (Å²) in [5.41, 5.74) is 4.53. The Kier molecular flexibility index (Phi) is 6.90. The van der Waals surface area contributed by atoms with Crippen LogP contribution in [-0.2, 0) is 13.1 Å². The molecule has 1 heterocycles. The molecule has 2 amide bonds.